The van der Waals surface area contributed by atoms with Crippen LogP contribution in [0.15, 0.2) is 72.8 Å². The first kappa shape index (κ1) is 28.4. The largest absolute Gasteiger partial charge is 0.385 e. The summed E-state index contributed by atoms with van der Waals surface area (Å²) >= 11 is 18.7. The van der Waals surface area contributed by atoms with Crippen molar-refractivity contribution in [2.75, 3.05) is 24.2 Å². The Morgan fingerprint density at radius 3 is 2.08 bits per heavy atom. The zero-order chi connectivity index (χ0) is 26.9. The summed E-state index contributed by atoms with van der Waals surface area (Å²) in [6.07, 6.45) is 0.842. The molecule has 0 bridgehead atoms. The first-order valence-corrected chi connectivity index (χ1v) is 12.8. The Balaban J connectivity index is 0.000000907. The summed E-state index contributed by atoms with van der Waals surface area (Å²) in [5.74, 6) is 0. The van der Waals surface area contributed by atoms with Crippen LogP contribution in [0, 0.1) is 12.3 Å². The Hall–Kier alpha value is -3.22. The van der Waals surface area contributed by atoms with Crippen LogP contribution in [0.2, 0.25) is 15.1 Å². The van der Waals surface area contributed by atoms with E-state index in [1.165, 1.54) is 18.2 Å². The van der Waals surface area contributed by atoms with E-state index < -0.39 is 0 Å². The van der Waals surface area contributed by atoms with Gasteiger partial charge in [0.05, 0.1) is 10.0 Å². The van der Waals surface area contributed by atoms with Gasteiger partial charge in [0.1, 0.15) is 0 Å². The van der Waals surface area contributed by atoms with E-state index in [1.54, 1.807) is 0 Å². The number of fused-ring (bicyclic) bond motifs is 3. The van der Waals surface area contributed by atoms with Crippen LogP contribution in [0.25, 0.3) is 21.8 Å². The van der Waals surface area contributed by atoms with Gasteiger partial charge in [-0.3, -0.25) is 0 Å². The lowest BCUT2D eigenvalue weighted by molar-refractivity contribution is 1.03. The second-order valence-electron chi connectivity index (χ2n) is 8.17. The molecule has 0 aliphatic rings. The molecule has 0 aliphatic heterocycles. The number of benzene rings is 4. The van der Waals surface area contributed by atoms with E-state index in [0.29, 0.717) is 15.1 Å². The van der Waals surface area contributed by atoms with Crippen LogP contribution in [0.1, 0.15) is 11.1 Å². The molecule has 0 spiro atoms. The number of hydrogen-bond acceptors (Lipinski definition) is 4. The van der Waals surface area contributed by atoms with Crippen LogP contribution in [0.3, 0.4) is 0 Å². The van der Waals surface area contributed by atoms with Crippen molar-refractivity contribution in [1.29, 1.82) is 5.41 Å². The summed E-state index contributed by atoms with van der Waals surface area (Å²) in [4.78, 5) is 3.55. The summed E-state index contributed by atoms with van der Waals surface area (Å²) in [6, 6.07) is 24.3. The van der Waals surface area contributed by atoms with Crippen molar-refractivity contribution < 1.29 is 0 Å². The summed E-state index contributed by atoms with van der Waals surface area (Å²) in [7, 11) is 1.50. The lowest BCUT2D eigenvalue weighted by Gasteiger charge is -2.12. The molecule has 37 heavy (non-hydrogen) atoms. The van der Waals surface area contributed by atoms with Crippen molar-refractivity contribution in [1.82, 2.24) is 4.98 Å². The molecule has 0 unspecified atom stereocenters. The van der Waals surface area contributed by atoms with Gasteiger partial charge in [0, 0.05) is 50.4 Å². The smallest absolute Gasteiger partial charge is 0.0613 e. The number of hydrogen-bond donors (Lipinski definition) is 5. The normalized spacial score (nSPS) is 10.3. The van der Waals surface area contributed by atoms with Crippen LogP contribution in [-0.4, -0.2) is 25.3 Å². The average molecular weight is 555 g/mol. The van der Waals surface area contributed by atoms with Crippen LogP contribution < -0.4 is 16.4 Å². The van der Waals surface area contributed by atoms with Crippen LogP contribution in [0.4, 0.5) is 17.1 Å². The molecule has 0 amide bonds. The zero-order valence-corrected chi connectivity index (χ0v) is 23.0. The van der Waals surface area contributed by atoms with Gasteiger partial charge in [-0.1, -0.05) is 52.5 Å². The molecule has 0 saturated heterocycles. The Morgan fingerprint density at radius 2 is 1.41 bits per heavy atom. The maximum Gasteiger partial charge on any atom is 0.0613 e. The molecule has 0 fully saturated rings. The van der Waals surface area contributed by atoms with E-state index in [-0.39, 0.29) is 0 Å². The molecule has 1 aromatic heterocycles. The molecular weight excluding hydrogens is 525 g/mol. The monoisotopic (exact) mass is 553 g/mol. The highest BCUT2D eigenvalue weighted by atomic mass is 35.5. The fraction of sp³-hybridized carbons (Fsp3) is 0.138. The molecule has 8 heteroatoms. The molecule has 5 rings (SSSR count). The molecule has 4 aromatic carbocycles. The van der Waals surface area contributed by atoms with E-state index in [1.807, 2.05) is 36.4 Å². The fourth-order valence-electron chi connectivity index (χ4n) is 4.05. The predicted molar refractivity (Wildman–Crippen MR) is 164 cm³/mol. The molecule has 6 N–H and O–H groups in total. The fourth-order valence-corrected chi connectivity index (χ4v) is 4.51. The van der Waals surface area contributed by atoms with Gasteiger partial charge in [-0.15, -0.1) is 0 Å². The van der Waals surface area contributed by atoms with E-state index in [4.69, 9.17) is 40.2 Å². The van der Waals surface area contributed by atoms with Crippen molar-refractivity contribution >= 4 is 80.4 Å². The van der Waals surface area contributed by atoms with Crippen LogP contribution in [-0.2, 0) is 6.42 Å². The van der Waals surface area contributed by atoms with Crippen molar-refractivity contribution in [3.63, 3.8) is 0 Å². The third-order valence-electron chi connectivity index (χ3n) is 5.74. The lowest BCUT2D eigenvalue weighted by atomic mass is 10.0. The SMILES string of the molecule is C=N.CN.Cc1ccc(NCCc2cc(Nc3ccc(Cl)cc3)cc3c2[nH]c2cc(Cl)c(Cl)cc23)cc1. The van der Waals surface area contributed by atoms with Crippen molar-refractivity contribution in [2.45, 2.75) is 13.3 Å². The minimum absolute atomic E-state index is 0.540. The summed E-state index contributed by atoms with van der Waals surface area (Å²) in [5.41, 5.74) is 12.1. The molecule has 192 valence electrons. The zero-order valence-electron chi connectivity index (χ0n) is 20.8. The van der Waals surface area contributed by atoms with Gasteiger partial charge < -0.3 is 26.8 Å². The standard InChI is InChI=1S/C27H22Cl3N3.CH5N.CH3N/c1-16-2-6-19(7-3-16)31-11-10-17-12-21(32-20-8-4-18(28)5-9-20)13-23-22-14-24(29)25(30)15-26(22)33-27(17)23;2*1-2/h2-9,12-15,31-33H,10-11H2,1H3;2H2,1H3;2H,1H2. The second-order valence-corrected chi connectivity index (χ2v) is 9.42. The Labute approximate surface area is 232 Å². The molecular formula is C29H30Cl3N5. The lowest BCUT2D eigenvalue weighted by Crippen LogP contribution is -2.05. The Morgan fingerprint density at radius 1 is 0.784 bits per heavy atom. The topological polar surface area (TPSA) is 89.7 Å². The van der Waals surface area contributed by atoms with Crippen LogP contribution in [0.5, 0.6) is 0 Å². The number of rotatable bonds is 6. The predicted octanol–water partition coefficient (Wildman–Crippen LogP) is 8.83. The highest BCUT2D eigenvalue weighted by molar-refractivity contribution is 6.43. The van der Waals surface area contributed by atoms with E-state index in [0.717, 1.165) is 51.8 Å². The van der Waals surface area contributed by atoms with Crippen molar-refractivity contribution in [3.05, 3.63) is 99.0 Å². The average Bonchev–Trinajstić information content (AvgIpc) is 3.26. The van der Waals surface area contributed by atoms with Crippen molar-refractivity contribution in [2.24, 2.45) is 5.73 Å². The van der Waals surface area contributed by atoms with Crippen molar-refractivity contribution in [3.8, 4) is 0 Å². The molecule has 0 saturated carbocycles. The molecule has 5 aromatic rings. The number of aryl methyl sites for hydroxylation is 1. The number of nitrogens with two attached hydrogens (primary N) is 1. The van der Waals surface area contributed by atoms with E-state index in [2.05, 4.69) is 71.4 Å². The van der Waals surface area contributed by atoms with E-state index in [9.17, 15) is 0 Å². The number of aromatic amines is 1. The first-order valence-electron chi connectivity index (χ1n) is 11.7. The number of nitrogens with one attached hydrogen (secondary N) is 4. The maximum atomic E-state index is 6.35. The number of halogens is 3. The molecule has 1 heterocycles. The third-order valence-corrected chi connectivity index (χ3v) is 6.71. The molecule has 0 radical (unpaired) electrons. The summed E-state index contributed by atoms with van der Waals surface area (Å²) < 4.78 is 0. The maximum absolute atomic E-state index is 6.35. The van der Waals surface area contributed by atoms with Gasteiger partial charge in [-0.05, 0) is 93.3 Å². The Kier molecular flexibility index (Phi) is 10.2. The Bertz CT molecular complexity index is 1460. The highest BCUT2D eigenvalue weighted by Gasteiger charge is 2.13. The molecule has 5 nitrogen and oxygen atoms in total. The first-order chi connectivity index (χ1) is 18.0. The van der Waals surface area contributed by atoms with Gasteiger partial charge in [0.15, 0.2) is 0 Å². The quantitative estimate of drug-likeness (QED) is 0.136. The van der Waals surface area contributed by atoms with Gasteiger partial charge >= 0.3 is 0 Å². The second kappa shape index (κ2) is 13.4. The number of aromatic nitrogens is 1. The summed E-state index contributed by atoms with van der Waals surface area (Å²) in [6.45, 7) is 5.40. The highest BCUT2D eigenvalue weighted by Crippen LogP contribution is 2.36. The number of H-pyrrole nitrogens is 1. The van der Waals surface area contributed by atoms with Gasteiger partial charge in [-0.2, -0.15) is 0 Å². The van der Waals surface area contributed by atoms with Gasteiger partial charge in [0.25, 0.3) is 0 Å². The minimum atomic E-state index is 0.540. The number of anilines is 3. The minimum Gasteiger partial charge on any atom is -0.385 e. The van der Waals surface area contributed by atoms with E-state index >= 15 is 0 Å². The van der Waals surface area contributed by atoms with Gasteiger partial charge in [-0.25, -0.2) is 0 Å². The van der Waals surface area contributed by atoms with Crippen LogP contribution >= 0.6 is 34.8 Å². The summed E-state index contributed by atoms with van der Waals surface area (Å²) in [5, 5.41) is 16.5. The third kappa shape index (κ3) is 6.96. The molecule has 0 atom stereocenters. The molecule has 0 aliphatic carbocycles. The van der Waals surface area contributed by atoms with Gasteiger partial charge in [0.2, 0.25) is 0 Å².